The lowest BCUT2D eigenvalue weighted by atomic mass is 9.93. The molecule has 2 aliphatic rings. The Morgan fingerprint density at radius 2 is 1.84 bits per heavy atom. The van der Waals surface area contributed by atoms with Crippen LogP contribution in [0.4, 0.5) is 0 Å². The van der Waals surface area contributed by atoms with Crippen molar-refractivity contribution in [1.82, 2.24) is 4.72 Å². The molecular weight excluding hydrogens is 426 g/mol. The number of hydrogen-bond donors (Lipinski definition) is 2. The van der Waals surface area contributed by atoms with E-state index in [1.807, 2.05) is 22.9 Å². The first-order valence-electron chi connectivity index (χ1n) is 10.6. The number of para-hydroxylation sites is 1. The molecule has 1 fully saturated rings. The van der Waals surface area contributed by atoms with Crippen molar-refractivity contribution in [3.8, 4) is 22.6 Å². The molecule has 3 aromatic carbocycles. The fraction of sp³-hybridized carbons (Fsp3) is 0.240. The van der Waals surface area contributed by atoms with Gasteiger partial charge in [0.25, 0.3) is 0 Å². The summed E-state index contributed by atoms with van der Waals surface area (Å²) in [6.07, 6.45) is 1.58. The van der Waals surface area contributed by atoms with Crippen molar-refractivity contribution in [1.29, 1.82) is 0 Å². The zero-order valence-corrected chi connectivity index (χ0v) is 18.2. The number of carbonyl (C=O) groups excluding carboxylic acids is 1. The zero-order chi connectivity index (χ0) is 22.3. The van der Waals surface area contributed by atoms with E-state index in [2.05, 4.69) is 30.3 Å². The molecule has 0 aliphatic carbocycles. The van der Waals surface area contributed by atoms with E-state index >= 15 is 0 Å². The average Bonchev–Trinajstić information content (AvgIpc) is 3.21. The van der Waals surface area contributed by atoms with Crippen LogP contribution in [0.5, 0.6) is 11.5 Å². The summed E-state index contributed by atoms with van der Waals surface area (Å²) in [5, 5.41) is 10.6. The van der Waals surface area contributed by atoms with E-state index in [0.29, 0.717) is 18.6 Å². The van der Waals surface area contributed by atoms with Crippen LogP contribution in [0.3, 0.4) is 0 Å². The number of ether oxygens (including phenoxy) is 1. The van der Waals surface area contributed by atoms with Crippen molar-refractivity contribution in [2.75, 3.05) is 12.4 Å². The van der Waals surface area contributed by atoms with E-state index in [4.69, 9.17) is 4.74 Å². The molecule has 1 saturated heterocycles. The van der Waals surface area contributed by atoms with E-state index in [0.717, 1.165) is 34.4 Å². The van der Waals surface area contributed by atoms with Crippen LogP contribution in [0.2, 0.25) is 0 Å². The number of phenolic OH excluding ortho intramolecular Hbond substituents is 1. The van der Waals surface area contributed by atoms with Gasteiger partial charge in [0.15, 0.2) is 0 Å². The summed E-state index contributed by atoms with van der Waals surface area (Å²) in [7, 11) is -3.66. The third kappa shape index (κ3) is 4.08. The maximum atomic E-state index is 11.9. The largest absolute Gasteiger partial charge is 0.508 e. The van der Waals surface area contributed by atoms with Gasteiger partial charge in [0.2, 0.25) is 15.9 Å². The Kier molecular flexibility index (Phi) is 5.13. The first-order chi connectivity index (χ1) is 15.4. The zero-order valence-electron chi connectivity index (χ0n) is 17.4. The predicted molar refractivity (Wildman–Crippen MR) is 121 cm³/mol. The lowest BCUT2D eigenvalue weighted by molar-refractivity contribution is -0.119. The third-order valence-corrected chi connectivity index (χ3v) is 7.40. The maximum absolute atomic E-state index is 11.9. The van der Waals surface area contributed by atoms with Gasteiger partial charge in [0.05, 0.1) is 12.4 Å². The maximum Gasteiger partial charge on any atom is 0.235 e. The van der Waals surface area contributed by atoms with E-state index in [1.165, 1.54) is 5.56 Å². The second kappa shape index (κ2) is 7.98. The molecule has 1 unspecified atom stereocenters. The number of nitrogens with one attached hydrogen (secondary N) is 1. The number of rotatable bonds is 4. The average molecular weight is 450 g/mol. The predicted octanol–water partition coefficient (Wildman–Crippen LogP) is 3.52. The van der Waals surface area contributed by atoms with Gasteiger partial charge in [-0.2, -0.15) is 0 Å². The summed E-state index contributed by atoms with van der Waals surface area (Å²) in [4.78, 5) is 11.7. The van der Waals surface area contributed by atoms with Crippen LogP contribution < -0.4 is 9.46 Å². The molecule has 2 heterocycles. The van der Waals surface area contributed by atoms with Gasteiger partial charge in [-0.25, -0.2) is 8.42 Å². The summed E-state index contributed by atoms with van der Waals surface area (Å²) in [6, 6.07) is 19.7. The van der Waals surface area contributed by atoms with E-state index in [-0.39, 0.29) is 17.9 Å². The Hall–Kier alpha value is -3.32. The van der Waals surface area contributed by atoms with Crippen molar-refractivity contribution in [2.45, 2.75) is 25.2 Å². The number of fused-ring (bicyclic) bond motifs is 1. The topological polar surface area (TPSA) is 92.7 Å². The van der Waals surface area contributed by atoms with Crippen LogP contribution in [0.25, 0.3) is 11.1 Å². The normalized spacial score (nSPS) is 19.1. The summed E-state index contributed by atoms with van der Waals surface area (Å²) < 4.78 is 31.6. The lowest BCUT2D eigenvalue weighted by Crippen LogP contribution is -2.40. The Balaban J connectivity index is 1.39. The SMILES string of the molecule is O=C1CC(c2ccc(Cc3cccc(-c4cccc5c4OCC5)c3)cc2O)CS(=O)(=O)N1. The highest BCUT2D eigenvalue weighted by atomic mass is 32.2. The quantitative estimate of drug-likeness (QED) is 0.636. The molecule has 1 atom stereocenters. The van der Waals surface area contributed by atoms with Gasteiger partial charge in [0, 0.05) is 24.3 Å². The smallest absolute Gasteiger partial charge is 0.235 e. The molecular formula is C25H23NO5S. The number of benzene rings is 3. The minimum Gasteiger partial charge on any atom is -0.508 e. The van der Waals surface area contributed by atoms with Gasteiger partial charge < -0.3 is 9.84 Å². The molecule has 0 radical (unpaired) electrons. The van der Waals surface area contributed by atoms with Gasteiger partial charge in [-0.1, -0.05) is 54.6 Å². The molecule has 6 nitrogen and oxygen atoms in total. The summed E-state index contributed by atoms with van der Waals surface area (Å²) >= 11 is 0. The van der Waals surface area contributed by atoms with Gasteiger partial charge in [-0.05, 0) is 40.3 Å². The van der Waals surface area contributed by atoms with Gasteiger partial charge in [-0.15, -0.1) is 0 Å². The minimum atomic E-state index is -3.66. The van der Waals surface area contributed by atoms with Crippen molar-refractivity contribution < 1.29 is 23.1 Å². The van der Waals surface area contributed by atoms with Crippen molar-refractivity contribution in [2.24, 2.45) is 0 Å². The second-order valence-corrected chi connectivity index (χ2v) is 10.1. The summed E-state index contributed by atoms with van der Waals surface area (Å²) in [6.45, 7) is 0.710. The standard InChI is InChI=1S/C25H23NO5S/c27-23-13-17(7-8-21(23)20-14-24(28)26-32(29,30)15-20)11-16-3-1-5-19(12-16)22-6-2-4-18-9-10-31-25(18)22/h1-8,12-13,20,27H,9-11,14-15H2,(H,26,28). The highest BCUT2D eigenvalue weighted by molar-refractivity contribution is 7.90. The van der Waals surface area contributed by atoms with Crippen molar-refractivity contribution in [3.05, 3.63) is 82.9 Å². The highest BCUT2D eigenvalue weighted by Gasteiger charge is 2.32. The number of sulfonamides is 1. The molecule has 7 heteroatoms. The molecule has 164 valence electrons. The van der Waals surface area contributed by atoms with Crippen LogP contribution >= 0.6 is 0 Å². The fourth-order valence-electron chi connectivity index (χ4n) is 4.58. The number of carbonyl (C=O) groups is 1. The molecule has 1 amide bonds. The molecule has 0 spiro atoms. The molecule has 0 aromatic heterocycles. The second-order valence-electron chi connectivity index (χ2n) is 8.37. The van der Waals surface area contributed by atoms with Crippen LogP contribution in [0.15, 0.2) is 60.7 Å². The molecule has 0 bridgehead atoms. The van der Waals surface area contributed by atoms with Gasteiger partial charge >= 0.3 is 0 Å². The highest BCUT2D eigenvalue weighted by Crippen LogP contribution is 2.37. The molecule has 32 heavy (non-hydrogen) atoms. The Morgan fingerprint density at radius 1 is 1.03 bits per heavy atom. The first-order valence-corrected chi connectivity index (χ1v) is 12.2. The molecule has 2 N–H and O–H groups in total. The fourth-order valence-corrected chi connectivity index (χ4v) is 5.92. The van der Waals surface area contributed by atoms with Crippen molar-refractivity contribution >= 4 is 15.9 Å². The summed E-state index contributed by atoms with van der Waals surface area (Å²) in [5.74, 6) is -0.331. The van der Waals surface area contributed by atoms with E-state index in [9.17, 15) is 18.3 Å². The first kappa shape index (κ1) is 20.6. The monoisotopic (exact) mass is 449 g/mol. The Morgan fingerprint density at radius 3 is 2.66 bits per heavy atom. The van der Waals surface area contributed by atoms with Crippen LogP contribution in [0, 0.1) is 0 Å². The number of hydrogen-bond acceptors (Lipinski definition) is 5. The Labute approximate surface area is 186 Å². The number of amides is 1. The molecule has 0 saturated carbocycles. The van der Waals surface area contributed by atoms with E-state index in [1.54, 1.807) is 12.1 Å². The van der Waals surface area contributed by atoms with E-state index < -0.39 is 21.8 Å². The number of phenols is 1. The lowest BCUT2D eigenvalue weighted by Gasteiger charge is -2.23. The van der Waals surface area contributed by atoms with Crippen LogP contribution in [-0.4, -0.2) is 31.8 Å². The number of aromatic hydroxyl groups is 1. The molecule has 5 rings (SSSR count). The van der Waals surface area contributed by atoms with Gasteiger partial charge in [-0.3, -0.25) is 9.52 Å². The van der Waals surface area contributed by atoms with Crippen LogP contribution in [0.1, 0.15) is 34.6 Å². The third-order valence-electron chi connectivity index (χ3n) is 6.02. The molecule has 2 aliphatic heterocycles. The molecule has 3 aromatic rings. The summed E-state index contributed by atoms with van der Waals surface area (Å²) in [5.41, 5.74) is 5.87. The van der Waals surface area contributed by atoms with Crippen LogP contribution in [-0.2, 0) is 27.7 Å². The van der Waals surface area contributed by atoms with Crippen molar-refractivity contribution in [3.63, 3.8) is 0 Å². The minimum absolute atomic E-state index is 0.0165. The van der Waals surface area contributed by atoms with Gasteiger partial charge in [0.1, 0.15) is 11.5 Å². The Bertz CT molecular complexity index is 1320.